The van der Waals surface area contributed by atoms with Gasteiger partial charge in [0.25, 0.3) is 0 Å². The molecule has 0 aromatic carbocycles. The van der Waals surface area contributed by atoms with Gasteiger partial charge in [0.1, 0.15) is 5.82 Å². The third-order valence-corrected chi connectivity index (χ3v) is 2.22. The molecule has 80 valence electrons. The van der Waals surface area contributed by atoms with Gasteiger partial charge in [0.05, 0.1) is 24.3 Å². The van der Waals surface area contributed by atoms with Crippen LogP contribution in [-0.4, -0.2) is 22.7 Å². The lowest BCUT2D eigenvalue weighted by molar-refractivity contribution is 0.249. The van der Waals surface area contributed by atoms with E-state index in [1.807, 2.05) is 19.9 Å². The average Bonchev–Trinajstić information content (AvgIpc) is 2.25. The van der Waals surface area contributed by atoms with Crippen LogP contribution in [0.3, 0.4) is 0 Å². The van der Waals surface area contributed by atoms with Crippen LogP contribution < -0.4 is 5.32 Å². The fourth-order valence-electron chi connectivity index (χ4n) is 1.19. The van der Waals surface area contributed by atoms with Gasteiger partial charge in [0.2, 0.25) is 0 Å². The number of nitrogens with one attached hydrogen (secondary N) is 1. The highest BCUT2D eigenvalue weighted by Crippen LogP contribution is 2.11. The standard InChI is InChI=1S/C11H15N3O/c1-8(2)10(7-15)14-11-5-9(6-12)3-4-13-11/h3-5,8,10,15H,7H2,1-2H3,(H,13,14)/t10-/m1/s1. The molecule has 0 aliphatic carbocycles. The van der Waals surface area contributed by atoms with Gasteiger partial charge >= 0.3 is 0 Å². The maximum absolute atomic E-state index is 9.13. The number of nitriles is 1. The van der Waals surface area contributed by atoms with Crippen LogP contribution in [0.2, 0.25) is 0 Å². The highest BCUT2D eigenvalue weighted by atomic mass is 16.3. The summed E-state index contributed by atoms with van der Waals surface area (Å²) in [6.07, 6.45) is 1.58. The van der Waals surface area contributed by atoms with Crippen molar-refractivity contribution in [2.45, 2.75) is 19.9 Å². The Morgan fingerprint density at radius 3 is 2.87 bits per heavy atom. The van der Waals surface area contributed by atoms with E-state index in [1.165, 1.54) is 0 Å². The van der Waals surface area contributed by atoms with Crippen LogP contribution >= 0.6 is 0 Å². The van der Waals surface area contributed by atoms with E-state index in [0.29, 0.717) is 17.3 Å². The summed E-state index contributed by atoms with van der Waals surface area (Å²) in [5, 5.41) is 20.9. The summed E-state index contributed by atoms with van der Waals surface area (Å²) in [4.78, 5) is 4.08. The lowest BCUT2D eigenvalue weighted by Gasteiger charge is -2.20. The van der Waals surface area contributed by atoms with E-state index in [1.54, 1.807) is 18.3 Å². The van der Waals surface area contributed by atoms with Crippen molar-refractivity contribution in [3.05, 3.63) is 23.9 Å². The number of nitrogens with zero attached hydrogens (tertiary/aromatic N) is 2. The fourth-order valence-corrected chi connectivity index (χ4v) is 1.19. The quantitative estimate of drug-likeness (QED) is 0.779. The second kappa shape index (κ2) is 5.32. The molecule has 4 heteroatoms. The Labute approximate surface area is 89.6 Å². The van der Waals surface area contributed by atoms with Gasteiger partial charge in [0, 0.05) is 6.20 Å². The van der Waals surface area contributed by atoms with Crippen molar-refractivity contribution in [2.24, 2.45) is 5.92 Å². The Morgan fingerprint density at radius 2 is 2.33 bits per heavy atom. The van der Waals surface area contributed by atoms with Crippen molar-refractivity contribution in [3.8, 4) is 6.07 Å². The second-order valence-corrected chi connectivity index (χ2v) is 3.72. The van der Waals surface area contributed by atoms with Gasteiger partial charge in [-0.2, -0.15) is 5.26 Å². The Bertz CT molecular complexity index is 357. The van der Waals surface area contributed by atoms with Gasteiger partial charge < -0.3 is 10.4 Å². The molecule has 0 aliphatic heterocycles. The van der Waals surface area contributed by atoms with Crippen LogP contribution in [0.15, 0.2) is 18.3 Å². The lowest BCUT2D eigenvalue weighted by atomic mass is 10.1. The molecule has 1 rings (SSSR count). The number of anilines is 1. The number of pyridine rings is 1. The Balaban J connectivity index is 2.75. The van der Waals surface area contributed by atoms with Gasteiger partial charge in [-0.1, -0.05) is 13.8 Å². The van der Waals surface area contributed by atoms with Crippen LogP contribution in [0.1, 0.15) is 19.4 Å². The number of hydrogen-bond donors (Lipinski definition) is 2. The second-order valence-electron chi connectivity index (χ2n) is 3.72. The summed E-state index contributed by atoms with van der Waals surface area (Å²) in [6.45, 7) is 4.08. The molecule has 0 fully saturated rings. The molecule has 4 nitrogen and oxygen atoms in total. The van der Waals surface area contributed by atoms with Gasteiger partial charge in [-0.25, -0.2) is 4.98 Å². The Morgan fingerprint density at radius 1 is 1.60 bits per heavy atom. The molecule has 15 heavy (non-hydrogen) atoms. The first-order chi connectivity index (χ1) is 7.17. The van der Waals surface area contributed by atoms with E-state index in [2.05, 4.69) is 10.3 Å². The molecule has 0 saturated heterocycles. The minimum Gasteiger partial charge on any atom is -0.394 e. The van der Waals surface area contributed by atoms with Crippen molar-refractivity contribution in [1.82, 2.24) is 4.98 Å². The van der Waals surface area contributed by atoms with E-state index in [0.717, 1.165) is 0 Å². The fraction of sp³-hybridized carbons (Fsp3) is 0.455. The third-order valence-electron chi connectivity index (χ3n) is 2.22. The van der Waals surface area contributed by atoms with E-state index in [-0.39, 0.29) is 12.6 Å². The highest BCUT2D eigenvalue weighted by Gasteiger charge is 2.12. The number of aliphatic hydroxyl groups excluding tert-OH is 1. The molecule has 2 N–H and O–H groups in total. The molecule has 1 aromatic heterocycles. The molecule has 1 heterocycles. The number of hydrogen-bond acceptors (Lipinski definition) is 4. The van der Waals surface area contributed by atoms with E-state index in [4.69, 9.17) is 10.4 Å². The topological polar surface area (TPSA) is 68.9 Å². The predicted molar refractivity (Wildman–Crippen MR) is 58.3 cm³/mol. The molecule has 0 amide bonds. The number of aliphatic hydroxyl groups is 1. The number of rotatable bonds is 4. The highest BCUT2D eigenvalue weighted by molar-refractivity contribution is 5.43. The van der Waals surface area contributed by atoms with E-state index >= 15 is 0 Å². The summed E-state index contributed by atoms with van der Waals surface area (Å²) < 4.78 is 0. The summed E-state index contributed by atoms with van der Waals surface area (Å²) in [5.74, 6) is 0.935. The number of aromatic nitrogens is 1. The summed E-state index contributed by atoms with van der Waals surface area (Å²) in [7, 11) is 0. The first-order valence-corrected chi connectivity index (χ1v) is 4.91. The molecular formula is C11H15N3O. The smallest absolute Gasteiger partial charge is 0.127 e. The van der Waals surface area contributed by atoms with Crippen LogP contribution in [0.5, 0.6) is 0 Å². The van der Waals surface area contributed by atoms with Crippen molar-refractivity contribution in [2.75, 3.05) is 11.9 Å². The van der Waals surface area contributed by atoms with Crippen molar-refractivity contribution in [1.29, 1.82) is 5.26 Å². The minimum absolute atomic E-state index is 0.0357. The first-order valence-electron chi connectivity index (χ1n) is 4.91. The Kier molecular flexibility index (Phi) is 4.07. The Hall–Kier alpha value is -1.60. The van der Waals surface area contributed by atoms with Crippen LogP contribution in [0, 0.1) is 17.2 Å². The third kappa shape index (κ3) is 3.22. The summed E-state index contributed by atoms with van der Waals surface area (Å²) in [5.41, 5.74) is 0.563. The van der Waals surface area contributed by atoms with Gasteiger partial charge in [0.15, 0.2) is 0 Å². The zero-order chi connectivity index (χ0) is 11.3. The molecule has 0 bridgehead atoms. The van der Waals surface area contributed by atoms with Crippen molar-refractivity contribution in [3.63, 3.8) is 0 Å². The predicted octanol–water partition coefficient (Wildman–Crippen LogP) is 1.38. The maximum atomic E-state index is 9.13. The minimum atomic E-state index is -0.0357. The largest absolute Gasteiger partial charge is 0.394 e. The molecular weight excluding hydrogens is 190 g/mol. The molecule has 0 radical (unpaired) electrons. The van der Waals surface area contributed by atoms with E-state index in [9.17, 15) is 0 Å². The molecule has 1 aromatic rings. The SMILES string of the molecule is CC(C)[C@@H](CO)Nc1cc(C#N)ccn1. The van der Waals surface area contributed by atoms with Crippen molar-refractivity contribution < 1.29 is 5.11 Å². The van der Waals surface area contributed by atoms with E-state index < -0.39 is 0 Å². The van der Waals surface area contributed by atoms with Gasteiger partial charge in [-0.15, -0.1) is 0 Å². The van der Waals surface area contributed by atoms with Crippen LogP contribution in [0.4, 0.5) is 5.82 Å². The average molecular weight is 205 g/mol. The zero-order valence-electron chi connectivity index (χ0n) is 8.94. The van der Waals surface area contributed by atoms with Crippen LogP contribution in [-0.2, 0) is 0 Å². The van der Waals surface area contributed by atoms with Gasteiger partial charge in [-0.05, 0) is 18.1 Å². The summed E-state index contributed by atoms with van der Waals surface area (Å²) in [6, 6.07) is 5.33. The molecule has 0 spiro atoms. The van der Waals surface area contributed by atoms with Gasteiger partial charge in [-0.3, -0.25) is 0 Å². The molecule has 0 aliphatic rings. The maximum Gasteiger partial charge on any atom is 0.127 e. The lowest BCUT2D eigenvalue weighted by Crippen LogP contribution is -2.29. The van der Waals surface area contributed by atoms with Crippen molar-refractivity contribution >= 4 is 5.82 Å². The summed E-state index contributed by atoms with van der Waals surface area (Å²) >= 11 is 0. The molecule has 0 saturated carbocycles. The molecule has 0 unspecified atom stereocenters. The normalized spacial score (nSPS) is 12.2. The van der Waals surface area contributed by atoms with Crippen LogP contribution in [0.25, 0.3) is 0 Å². The monoisotopic (exact) mass is 205 g/mol. The first kappa shape index (κ1) is 11.5. The molecule has 1 atom stereocenters. The zero-order valence-corrected chi connectivity index (χ0v) is 8.94.